The highest BCUT2D eigenvalue weighted by atomic mass is 32.2. The maximum atomic E-state index is 5.17. The Balaban J connectivity index is 1.95. The van der Waals surface area contributed by atoms with E-state index < -0.39 is 0 Å². The molecular formula is C15H19NOS2. The van der Waals surface area contributed by atoms with Gasteiger partial charge in [0.05, 0.1) is 12.8 Å². The Morgan fingerprint density at radius 3 is 2.74 bits per heavy atom. The number of nitrogens with zero attached hydrogens (tertiary/aromatic N) is 1. The van der Waals surface area contributed by atoms with Gasteiger partial charge in [-0.3, -0.25) is 0 Å². The molecule has 0 fully saturated rings. The van der Waals surface area contributed by atoms with E-state index in [2.05, 4.69) is 24.4 Å². The first-order chi connectivity index (χ1) is 9.33. The van der Waals surface area contributed by atoms with E-state index in [1.54, 1.807) is 18.4 Å². The molecule has 0 saturated heterocycles. The van der Waals surface area contributed by atoms with Crippen LogP contribution >= 0.6 is 23.1 Å². The summed E-state index contributed by atoms with van der Waals surface area (Å²) in [5, 5.41) is 3.26. The SMILES string of the molecule is CCCCSCc1csc(-c2ccc(OC)cc2)n1. The van der Waals surface area contributed by atoms with Crippen molar-refractivity contribution in [3.05, 3.63) is 35.3 Å². The van der Waals surface area contributed by atoms with Crippen LogP contribution in [0, 0.1) is 0 Å². The first-order valence-electron chi connectivity index (χ1n) is 6.50. The number of hydrogen-bond acceptors (Lipinski definition) is 4. The van der Waals surface area contributed by atoms with Gasteiger partial charge in [0.25, 0.3) is 0 Å². The Morgan fingerprint density at radius 2 is 2.05 bits per heavy atom. The van der Waals surface area contributed by atoms with Crippen LogP contribution in [0.1, 0.15) is 25.5 Å². The van der Waals surface area contributed by atoms with Crippen LogP contribution in [0.15, 0.2) is 29.6 Å². The molecule has 0 N–H and O–H groups in total. The molecule has 1 aromatic carbocycles. The normalized spacial score (nSPS) is 10.6. The molecule has 0 radical (unpaired) electrons. The predicted octanol–water partition coefficient (Wildman–Crippen LogP) is 4.85. The largest absolute Gasteiger partial charge is 0.497 e. The van der Waals surface area contributed by atoms with Crippen LogP contribution in [0.2, 0.25) is 0 Å². The monoisotopic (exact) mass is 293 g/mol. The van der Waals surface area contributed by atoms with E-state index in [9.17, 15) is 0 Å². The van der Waals surface area contributed by atoms with E-state index in [-0.39, 0.29) is 0 Å². The smallest absolute Gasteiger partial charge is 0.123 e. The van der Waals surface area contributed by atoms with Gasteiger partial charge in [0.1, 0.15) is 10.8 Å². The molecule has 0 amide bonds. The van der Waals surface area contributed by atoms with Gasteiger partial charge >= 0.3 is 0 Å². The number of benzene rings is 1. The highest BCUT2D eigenvalue weighted by Crippen LogP contribution is 2.27. The van der Waals surface area contributed by atoms with Gasteiger partial charge in [-0.1, -0.05) is 13.3 Å². The molecule has 0 atom stereocenters. The molecule has 4 heteroatoms. The molecule has 1 aromatic heterocycles. The van der Waals surface area contributed by atoms with Crippen molar-refractivity contribution in [2.75, 3.05) is 12.9 Å². The van der Waals surface area contributed by atoms with Gasteiger partial charge in [0, 0.05) is 16.7 Å². The molecule has 2 rings (SSSR count). The number of unbranched alkanes of at least 4 members (excludes halogenated alkanes) is 1. The second-order valence-electron chi connectivity index (χ2n) is 4.28. The summed E-state index contributed by atoms with van der Waals surface area (Å²) in [5.74, 6) is 3.13. The van der Waals surface area contributed by atoms with Crippen molar-refractivity contribution in [1.82, 2.24) is 4.98 Å². The van der Waals surface area contributed by atoms with E-state index in [1.807, 2.05) is 23.9 Å². The third-order valence-electron chi connectivity index (χ3n) is 2.78. The lowest BCUT2D eigenvalue weighted by Crippen LogP contribution is -1.85. The lowest BCUT2D eigenvalue weighted by atomic mass is 10.2. The van der Waals surface area contributed by atoms with E-state index in [0.29, 0.717) is 0 Å². The Hall–Kier alpha value is -1.00. The molecule has 1 heterocycles. The topological polar surface area (TPSA) is 22.1 Å². The fraction of sp³-hybridized carbons (Fsp3) is 0.400. The molecule has 2 aromatic rings. The van der Waals surface area contributed by atoms with Crippen LogP contribution in [-0.2, 0) is 5.75 Å². The molecule has 0 aliphatic carbocycles. The summed E-state index contributed by atoms with van der Waals surface area (Å²) in [6, 6.07) is 8.08. The molecule has 102 valence electrons. The van der Waals surface area contributed by atoms with Crippen LogP contribution in [-0.4, -0.2) is 17.8 Å². The maximum absolute atomic E-state index is 5.17. The first kappa shape index (κ1) is 14.4. The molecule has 0 saturated carbocycles. The number of methoxy groups -OCH3 is 1. The number of thiazole rings is 1. The Labute approximate surface area is 123 Å². The zero-order valence-corrected chi connectivity index (χ0v) is 13.0. The summed E-state index contributed by atoms with van der Waals surface area (Å²) in [4.78, 5) is 4.69. The Kier molecular flexibility index (Phi) is 5.73. The predicted molar refractivity (Wildman–Crippen MR) is 85.2 cm³/mol. The standard InChI is InChI=1S/C15H19NOS2/c1-3-4-9-18-10-13-11-19-15(16-13)12-5-7-14(17-2)8-6-12/h5-8,11H,3-4,9-10H2,1-2H3. The third-order valence-corrected chi connectivity index (χ3v) is 4.80. The van der Waals surface area contributed by atoms with Gasteiger partial charge in [-0.2, -0.15) is 11.8 Å². The number of thioether (sulfide) groups is 1. The van der Waals surface area contributed by atoms with Crippen LogP contribution in [0.3, 0.4) is 0 Å². The summed E-state index contributed by atoms with van der Waals surface area (Å²) in [6.45, 7) is 2.23. The summed E-state index contributed by atoms with van der Waals surface area (Å²) in [6.07, 6.45) is 2.56. The fourth-order valence-electron chi connectivity index (χ4n) is 1.66. The second-order valence-corrected chi connectivity index (χ2v) is 6.24. The minimum Gasteiger partial charge on any atom is -0.497 e. The lowest BCUT2D eigenvalue weighted by molar-refractivity contribution is 0.415. The lowest BCUT2D eigenvalue weighted by Gasteiger charge is -2.00. The van der Waals surface area contributed by atoms with Crippen molar-refractivity contribution >= 4 is 23.1 Å². The van der Waals surface area contributed by atoms with Crippen molar-refractivity contribution in [2.24, 2.45) is 0 Å². The van der Waals surface area contributed by atoms with E-state index >= 15 is 0 Å². The zero-order valence-electron chi connectivity index (χ0n) is 11.4. The number of ether oxygens (including phenoxy) is 1. The highest BCUT2D eigenvalue weighted by Gasteiger charge is 2.05. The minimum absolute atomic E-state index is 0.885. The Bertz CT molecular complexity index is 493. The molecule has 0 spiro atoms. The summed E-state index contributed by atoms with van der Waals surface area (Å²) in [5.41, 5.74) is 2.35. The Morgan fingerprint density at radius 1 is 1.26 bits per heavy atom. The van der Waals surface area contributed by atoms with E-state index in [0.717, 1.165) is 22.1 Å². The molecule has 19 heavy (non-hydrogen) atoms. The molecule has 0 unspecified atom stereocenters. The van der Waals surface area contributed by atoms with Crippen molar-refractivity contribution in [3.8, 4) is 16.3 Å². The minimum atomic E-state index is 0.885. The zero-order chi connectivity index (χ0) is 13.5. The van der Waals surface area contributed by atoms with Crippen molar-refractivity contribution < 1.29 is 4.74 Å². The summed E-state index contributed by atoms with van der Waals surface area (Å²) < 4.78 is 5.17. The van der Waals surface area contributed by atoms with Gasteiger partial charge in [-0.15, -0.1) is 11.3 Å². The molecule has 0 aliphatic rings. The molecule has 0 bridgehead atoms. The summed E-state index contributed by atoms with van der Waals surface area (Å²) >= 11 is 3.68. The van der Waals surface area contributed by atoms with Crippen LogP contribution in [0.25, 0.3) is 10.6 Å². The maximum Gasteiger partial charge on any atom is 0.123 e. The third kappa shape index (κ3) is 4.25. The second kappa shape index (κ2) is 7.56. The van der Waals surface area contributed by atoms with Gasteiger partial charge in [-0.25, -0.2) is 4.98 Å². The van der Waals surface area contributed by atoms with Gasteiger partial charge in [0.15, 0.2) is 0 Å². The van der Waals surface area contributed by atoms with Crippen LogP contribution < -0.4 is 4.74 Å². The van der Waals surface area contributed by atoms with Gasteiger partial charge < -0.3 is 4.74 Å². The number of aromatic nitrogens is 1. The van der Waals surface area contributed by atoms with E-state index in [1.165, 1.54) is 24.3 Å². The highest BCUT2D eigenvalue weighted by molar-refractivity contribution is 7.98. The van der Waals surface area contributed by atoms with Crippen molar-refractivity contribution in [1.29, 1.82) is 0 Å². The average Bonchev–Trinajstić information content (AvgIpc) is 2.92. The van der Waals surface area contributed by atoms with E-state index in [4.69, 9.17) is 9.72 Å². The van der Waals surface area contributed by atoms with Crippen molar-refractivity contribution in [3.63, 3.8) is 0 Å². The van der Waals surface area contributed by atoms with Crippen LogP contribution in [0.4, 0.5) is 0 Å². The molecule has 2 nitrogen and oxygen atoms in total. The number of rotatable bonds is 7. The van der Waals surface area contributed by atoms with Crippen LogP contribution in [0.5, 0.6) is 5.75 Å². The first-order valence-corrected chi connectivity index (χ1v) is 8.53. The van der Waals surface area contributed by atoms with Crippen molar-refractivity contribution in [2.45, 2.75) is 25.5 Å². The van der Waals surface area contributed by atoms with Gasteiger partial charge in [-0.05, 0) is 36.4 Å². The average molecular weight is 293 g/mol. The number of hydrogen-bond donors (Lipinski definition) is 0. The molecular weight excluding hydrogens is 274 g/mol. The summed E-state index contributed by atoms with van der Waals surface area (Å²) in [7, 11) is 1.68. The fourth-order valence-corrected chi connectivity index (χ4v) is 3.59. The quantitative estimate of drug-likeness (QED) is 0.681. The van der Waals surface area contributed by atoms with Gasteiger partial charge in [0.2, 0.25) is 0 Å². The molecule has 0 aliphatic heterocycles.